The molecule has 0 saturated carbocycles. The van der Waals surface area contributed by atoms with Gasteiger partial charge in [-0.05, 0) is 59.9 Å². The molecule has 0 spiro atoms. The molecular formula is C16H12BrCl. The van der Waals surface area contributed by atoms with Gasteiger partial charge >= 0.3 is 0 Å². The SMILES string of the molecule is CC1=C(c2ccc(Cl)cc2)c2cc(Br)ccc2C1. The van der Waals surface area contributed by atoms with Crippen LogP contribution < -0.4 is 0 Å². The van der Waals surface area contributed by atoms with Crippen molar-refractivity contribution in [1.82, 2.24) is 0 Å². The largest absolute Gasteiger partial charge is 0.0843 e. The molecule has 0 radical (unpaired) electrons. The van der Waals surface area contributed by atoms with Crippen molar-refractivity contribution in [2.75, 3.05) is 0 Å². The zero-order valence-corrected chi connectivity index (χ0v) is 12.3. The molecule has 0 N–H and O–H groups in total. The molecule has 0 aliphatic heterocycles. The van der Waals surface area contributed by atoms with Gasteiger partial charge in [0.05, 0.1) is 0 Å². The van der Waals surface area contributed by atoms with Crippen molar-refractivity contribution in [2.24, 2.45) is 0 Å². The van der Waals surface area contributed by atoms with Crippen molar-refractivity contribution in [2.45, 2.75) is 13.3 Å². The van der Waals surface area contributed by atoms with Crippen molar-refractivity contribution in [3.8, 4) is 0 Å². The average Bonchev–Trinajstić information content (AvgIpc) is 2.66. The van der Waals surface area contributed by atoms with Crippen LogP contribution in [-0.2, 0) is 6.42 Å². The minimum absolute atomic E-state index is 0.782. The first-order chi connectivity index (χ1) is 8.65. The maximum atomic E-state index is 5.96. The van der Waals surface area contributed by atoms with Crippen LogP contribution in [0.1, 0.15) is 23.6 Å². The van der Waals surface area contributed by atoms with Gasteiger partial charge in [-0.1, -0.05) is 51.3 Å². The Balaban J connectivity index is 2.16. The minimum atomic E-state index is 0.782. The van der Waals surface area contributed by atoms with Gasteiger partial charge in [0, 0.05) is 9.50 Å². The van der Waals surface area contributed by atoms with Crippen LogP contribution in [0.5, 0.6) is 0 Å². The van der Waals surface area contributed by atoms with E-state index in [2.05, 4.69) is 53.2 Å². The van der Waals surface area contributed by atoms with Crippen LogP contribution >= 0.6 is 27.5 Å². The van der Waals surface area contributed by atoms with Crippen molar-refractivity contribution < 1.29 is 0 Å². The third-order valence-corrected chi connectivity index (χ3v) is 4.10. The second-order valence-electron chi connectivity index (χ2n) is 4.64. The number of rotatable bonds is 1. The summed E-state index contributed by atoms with van der Waals surface area (Å²) in [4.78, 5) is 0. The Kier molecular flexibility index (Phi) is 3.04. The molecule has 3 rings (SSSR count). The summed E-state index contributed by atoms with van der Waals surface area (Å²) in [5.41, 5.74) is 6.76. The van der Waals surface area contributed by atoms with Crippen LogP contribution in [-0.4, -0.2) is 0 Å². The van der Waals surface area contributed by atoms with E-state index in [0.29, 0.717) is 0 Å². The van der Waals surface area contributed by atoms with Crippen LogP contribution in [0.3, 0.4) is 0 Å². The molecule has 2 aromatic rings. The summed E-state index contributed by atoms with van der Waals surface area (Å²) in [6, 6.07) is 14.6. The van der Waals surface area contributed by atoms with Gasteiger partial charge in [-0.2, -0.15) is 0 Å². The van der Waals surface area contributed by atoms with E-state index in [4.69, 9.17) is 11.6 Å². The average molecular weight is 320 g/mol. The molecule has 0 amide bonds. The molecule has 2 heteroatoms. The lowest BCUT2D eigenvalue weighted by molar-refractivity contribution is 1.19. The predicted molar refractivity (Wildman–Crippen MR) is 81.0 cm³/mol. The lowest BCUT2D eigenvalue weighted by Crippen LogP contribution is -1.87. The number of halogens is 2. The van der Waals surface area contributed by atoms with E-state index in [-0.39, 0.29) is 0 Å². The topological polar surface area (TPSA) is 0 Å². The molecule has 1 aliphatic rings. The second-order valence-corrected chi connectivity index (χ2v) is 5.99. The first-order valence-corrected chi connectivity index (χ1v) is 7.07. The van der Waals surface area contributed by atoms with Crippen molar-refractivity contribution >= 4 is 33.1 Å². The van der Waals surface area contributed by atoms with E-state index in [0.717, 1.165) is 15.9 Å². The van der Waals surface area contributed by atoms with Crippen LogP contribution in [0.15, 0.2) is 52.5 Å². The molecule has 0 nitrogen and oxygen atoms in total. The highest BCUT2D eigenvalue weighted by molar-refractivity contribution is 9.10. The highest BCUT2D eigenvalue weighted by Gasteiger charge is 2.20. The normalized spacial score (nSPS) is 13.9. The van der Waals surface area contributed by atoms with Gasteiger partial charge in [0.25, 0.3) is 0 Å². The van der Waals surface area contributed by atoms with Crippen molar-refractivity contribution in [3.05, 3.63) is 74.2 Å². The summed E-state index contributed by atoms with van der Waals surface area (Å²) in [6.07, 6.45) is 1.04. The van der Waals surface area contributed by atoms with Crippen LogP contribution in [0.25, 0.3) is 5.57 Å². The third-order valence-electron chi connectivity index (χ3n) is 3.36. The number of fused-ring (bicyclic) bond motifs is 1. The summed E-state index contributed by atoms with van der Waals surface area (Å²) in [7, 11) is 0. The van der Waals surface area contributed by atoms with Gasteiger partial charge in [-0.25, -0.2) is 0 Å². The van der Waals surface area contributed by atoms with Gasteiger partial charge in [0.1, 0.15) is 0 Å². The molecule has 0 heterocycles. The van der Waals surface area contributed by atoms with E-state index < -0.39 is 0 Å². The third kappa shape index (κ3) is 2.02. The first-order valence-electron chi connectivity index (χ1n) is 5.89. The van der Waals surface area contributed by atoms with Crippen molar-refractivity contribution in [3.63, 3.8) is 0 Å². The van der Waals surface area contributed by atoms with E-state index >= 15 is 0 Å². The molecule has 2 aromatic carbocycles. The van der Waals surface area contributed by atoms with Crippen LogP contribution in [0.2, 0.25) is 5.02 Å². The number of hydrogen-bond donors (Lipinski definition) is 0. The molecule has 0 bridgehead atoms. The highest BCUT2D eigenvalue weighted by Crippen LogP contribution is 2.38. The minimum Gasteiger partial charge on any atom is -0.0843 e. The maximum Gasteiger partial charge on any atom is 0.0406 e. The maximum absolute atomic E-state index is 5.96. The van der Waals surface area contributed by atoms with Gasteiger partial charge < -0.3 is 0 Å². The Labute approximate surface area is 120 Å². The Morgan fingerprint density at radius 2 is 1.78 bits per heavy atom. The standard InChI is InChI=1S/C16H12BrCl/c1-10-8-12-2-5-13(17)9-15(12)16(10)11-3-6-14(18)7-4-11/h2-7,9H,8H2,1H3. The zero-order valence-electron chi connectivity index (χ0n) is 10.0. The monoisotopic (exact) mass is 318 g/mol. The summed E-state index contributed by atoms with van der Waals surface area (Å²) < 4.78 is 1.13. The van der Waals surface area contributed by atoms with Gasteiger partial charge in [0.15, 0.2) is 0 Å². The lowest BCUT2D eigenvalue weighted by Gasteiger charge is -2.08. The van der Waals surface area contributed by atoms with E-state index in [1.54, 1.807) is 0 Å². The highest BCUT2D eigenvalue weighted by atomic mass is 79.9. The molecule has 90 valence electrons. The van der Waals surface area contributed by atoms with Crippen molar-refractivity contribution in [1.29, 1.82) is 0 Å². The van der Waals surface area contributed by atoms with Crippen LogP contribution in [0.4, 0.5) is 0 Å². The summed E-state index contributed by atoms with van der Waals surface area (Å²) in [5.74, 6) is 0. The quantitative estimate of drug-likeness (QED) is 0.653. The van der Waals surface area contributed by atoms with Gasteiger partial charge in [0.2, 0.25) is 0 Å². The Morgan fingerprint density at radius 1 is 1.06 bits per heavy atom. The molecule has 0 atom stereocenters. The van der Waals surface area contributed by atoms with Gasteiger partial charge in [-0.15, -0.1) is 0 Å². The molecule has 0 saturated heterocycles. The fourth-order valence-corrected chi connectivity index (χ4v) is 3.05. The van der Waals surface area contributed by atoms with Crippen LogP contribution in [0, 0.1) is 0 Å². The Hall–Kier alpha value is -1.05. The summed E-state index contributed by atoms with van der Waals surface area (Å²) in [5, 5.41) is 0.782. The number of benzene rings is 2. The number of hydrogen-bond acceptors (Lipinski definition) is 0. The molecular weight excluding hydrogens is 308 g/mol. The fourth-order valence-electron chi connectivity index (χ4n) is 2.56. The zero-order chi connectivity index (χ0) is 12.7. The number of allylic oxidation sites excluding steroid dienone is 1. The Bertz CT molecular complexity index is 639. The molecule has 1 aliphatic carbocycles. The molecule has 0 aromatic heterocycles. The summed E-state index contributed by atoms with van der Waals surface area (Å²) >= 11 is 9.51. The predicted octanol–water partition coefficient (Wildman–Crippen LogP) is 5.48. The molecule has 0 unspecified atom stereocenters. The van der Waals surface area contributed by atoms with Gasteiger partial charge in [-0.3, -0.25) is 0 Å². The molecule has 18 heavy (non-hydrogen) atoms. The lowest BCUT2D eigenvalue weighted by atomic mass is 9.98. The fraction of sp³-hybridized carbons (Fsp3) is 0.125. The van der Waals surface area contributed by atoms with E-state index in [1.165, 1.54) is 27.8 Å². The van der Waals surface area contributed by atoms with E-state index in [9.17, 15) is 0 Å². The Morgan fingerprint density at radius 3 is 2.50 bits per heavy atom. The molecule has 0 fully saturated rings. The second kappa shape index (κ2) is 4.56. The first kappa shape index (κ1) is 12.0. The summed E-state index contributed by atoms with van der Waals surface area (Å²) in [6.45, 7) is 2.21. The smallest absolute Gasteiger partial charge is 0.0406 e. The van der Waals surface area contributed by atoms with E-state index in [1.807, 2.05) is 12.1 Å².